The number of nitrogens with one attached hydrogen (secondary N) is 1. The number of nitro benzene ring substituents is 1. The minimum absolute atomic E-state index is 0.00968. The van der Waals surface area contributed by atoms with E-state index in [0.29, 0.717) is 17.7 Å². The first-order valence-electron chi connectivity index (χ1n) is 8.12. The molecule has 1 aromatic carbocycles. The highest BCUT2D eigenvalue weighted by Gasteiger charge is 2.07. The van der Waals surface area contributed by atoms with Gasteiger partial charge in [0, 0.05) is 24.1 Å². The summed E-state index contributed by atoms with van der Waals surface area (Å²) in [5.74, 6) is -0.120. The molecule has 1 rings (SSSR count). The number of hydrogen-bond donors (Lipinski definition) is 1. The van der Waals surface area contributed by atoms with Crippen LogP contribution in [0.2, 0.25) is 0 Å². The van der Waals surface area contributed by atoms with Crippen LogP contribution in [0.1, 0.15) is 64.4 Å². The van der Waals surface area contributed by atoms with E-state index in [1.54, 1.807) is 19.1 Å². The molecule has 6 heteroatoms. The molecule has 23 heavy (non-hydrogen) atoms. The SMILES string of the molecule is CCCCCCCCC(=O)NN=C(C)c1cccc([N+](=O)[O-])c1. The van der Waals surface area contributed by atoms with E-state index in [2.05, 4.69) is 17.5 Å². The summed E-state index contributed by atoms with van der Waals surface area (Å²) < 4.78 is 0. The molecule has 0 heterocycles. The number of non-ortho nitro benzene ring substituents is 1. The van der Waals surface area contributed by atoms with Crippen molar-refractivity contribution in [1.29, 1.82) is 0 Å². The van der Waals surface area contributed by atoms with E-state index in [1.807, 2.05) is 0 Å². The van der Waals surface area contributed by atoms with Crippen molar-refractivity contribution in [2.24, 2.45) is 5.10 Å². The maximum atomic E-state index is 11.7. The number of unbranched alkanes of at least 4 members (excludes halogenated alkanes) is 5. The van der Waals surface area contributed by atoms with Gasteiger partial charge in [0.1, 0.15) is 0 Å². The molecule has 0 aromatic heterocycles. The summed E-state index contributed by atoms with van der Waals surface area (Å²) in [5, 5.41) is 14.8. The molecule has 0 fully saturated rings. The van der Waals surface area contributed by atoms with Gasteiger partial charge >= 0.3 is 0 Å². The van der Waals surface area contributed by atoms with E-state index in [1.165, 1.54) is 31.4 Å². The van der Waals surface area contributed by atoms with Crippen LogP contribution in [0.4, 0.5) is 5.69 Å². The maximum Gasteiger partial charge on any atom is 0.270 e. The molecule has 0 atom stereocenters. The number of carbonyl (C=O) groups is 1. The first-order chi connectivity index (χ1) is 11.0. The Bertz CT molecular complexity index is 556. The maximum absolute atomic E-state index is 11.7. The summed E-state index contributed by atoms with van der Waals surface area (Å²) in [4.78, 5) is 22.0. The summed E-state index contributed by atoms with van der Waals surface area (Å²) in [6, 6.07) is 6.20. The van der Waals surface area contributed by atoms with Crippen molar-refractivity contribution in [3.8, 4) is 0 Å². The van der Waals surface area contributed by atoms with Crippen molar-refractivity contribution in [3.63, 3.8) is 0 Å². The smallest absolute Gasteiger partial charge is 0.270 e. The minimum Gasteiger partial charge on any atom is -0.273 e. The highest BCUT2D eigenvalue weighted by atomic mass is 16.6. The van der Waals surface area contributed by atoms with Crippen LogP contribution in [0.25, 0.3) is 0 Å². The molecule has 0 bridgehead atoms. The number of rotatable bonds is 10. The number of benzene rings is 1. The third kappa shape index (κ3) is 7.54. The van der Waals surface area contributed by atoms with Gasteiger partial charge in [0.25, 0.3) is 5.69 Å². The van der Waals surface area contributed by atoms with Gasteiger partial charge in [-0.2, -0.15) is 5.10 Å². The Kier molecular flexibility index (Phi) is 8.57. The molecule has 6 nitrogen and oxygen atoms in total. The summed E-state index contributed by atoms with van der Waals surface area (Å²) in [5.41, 5.74) is 3.69. The quantitative estimate of drug-likeness (QED) is 0.304. The normalized spacial score (nSPS) is 11.3. The Morgan fingerprint density at radius 1 is 1.22 bits per heavy atom. The number of nitrogens with zero attached hydrogens (tertiary/aromatic N) is 2. The topological polar surface area (TPSA) is 84.6 Å². The number of hydrogen-bond acceptors (Lipinski definition) is 4. The van der Waals surface area contributed by atoms with Gasteiger partial charge in [0.15, 0.2) is 0 Å². The zero-order valence-electron chi connectivity index (χ0n) is 13.9. The number of carbonyl (C=O) groups excluding carboxylic acids is 1. The van der Waals surface area contributed by atoms with Crippen LogP contribution in [0.15, 0.2) is 29.4 Å². The second kappa shape index (κ2) is 10.5. The predicted octanol–water partition coefficient (Wildman–Crippen LogP) is 4.19. The Morgan fingerprint density at radius 2 is 1.91 bits per heavy atom. The number of nitro groups is 1. The van der Waals surface area contributed by atoms with E-state index < -0.39 is 4.92 Å². The Labute approximate surface area is 137 Å². The van der Waals surface area contributed by atoms with Gasteiger partial charge in [-0.05, 0) is 13.3 Å². The van der Waals surface area contributed by atoms with Crippen molar-refractivity contribution in [1.82, 2.24) is 5.43 Å². The fraction of sp³-hybridized carbons (Fsp3) is 0.529. The van der Waals surface area contributed by atoms with E-state index in [4.69, 9.17) is 0 Å². The fourth-order valence-corrected chi connectivity index (χ4v) is 2.18. The van der Waals surface area contributed by atoms with Crippen LogP contribution < -0.4 is 5.43 Å². The average molecular weight is 319 g/mol. The Hall–Kier alpha value is -2.24. The summed E-state index contributed by atoms with van der Waals surface area (Å²) in [7, 11) is 0. The molecular formula is C17H25N3O3. The van der Waals surface area contributed by atoms with Crippen LogP contribution in [-0.4, -0.2) is 16.5 Å². The van der Waals surface area contributed by atoms with Gasteiger partial charge < -0.3 is 0 Å². The zero-order valence-corrected chi connectivity index (χ0v) is 13.9. The highest BCUT2D eigenvalue weighted by Crippen LogP contribution is 2.13. The monoisotopic (exact) mass is 319 g/mol. The number of hydrazone groups is 1. The lowest BCUT2D eigenvalue weighted by molar-refractivity contribution is -0.384. The lowest BCUT2D eigenvalue weighted by Gasteiger charge is -2.03. The third-order valence-corrected chi connectivity index (χ3v) is 3.58. The Balaban J connectivity index is 2.39. The standard InChI is InChI=1S/C17H25N3O3/c1-3-4-5-6-7-8-12-17(21)19-18-14(2)15-10-9-11-16(13-15)20(22)23/h9-11,13H,3-8,12H2,1-2H3,(H,19,21). The average Bonchev–Trinajstić information content (AvgIpc) is 2.55. The van der Waals surface area contributed by atoms with Gasteiger partial charge in [0.2, 0.25) is 5.91 Å². The predicted molar refractivity (Wildman–Crippen MR) is 91.4 cm³/mol. The number of amides is 1. The fourth-order valence-electron chi connectivity index (χ4n) is 2.18. The highest BCUT2D eigenvalue weighted by molar-refractivity contribution is 5.99. The molecule has 0 aliphatic carbocycles. The minimum atomic E-state index is -0.450. The first-order valence-corrected chi connectivity index (χ1v) is 8.12. The van der Waals surface area contributed by atoms with Crippen LogP contribution in [-0.2, 0) is 4.79 Å². The second-order valence-electron chi connectivity index (χ2n) is 5.56. The summed E-state index contributed by atoms with van der Waals surface area (Å²) in [6.07, 6.45) is 7.23. The van der Waals surface area contributed by atoms with Crippen molar-refractivity contribution in [3.05, 3.63) is 39.9 Å². The molecule has 0 unspecified atom stereocenters. The van der Waals surface area contributed by atoms with E-state index >= 15 is 0 Å². The van der Waals surface area contributed by atoms with Crippen molar-refractivity contribution < 1.29 is 9.72 Å². The van der Waals surface area contributed by atoms with Gasteiger partial charge in [-0.15, -0.1) is 0 Å². The lowest BCUT2D eigenvalue weighted by atomic mass is 10.1. The molecule has 0 aliphatic heterocycles. The molecule has 1 aromatic rings. The van der Waals surface area contributed by atoms with E-state index in [-0.39, 0.29) is 11.6 Å². The molecule has 1 N–H and O–H groups in total. The second-order valence-corrected chi connectivity index (χ2v) is 5.56. The molecule has 0 saturated carbocycles. The van der Waals surface area contributed by atoms with Crippen molar-refractivity contribution >= 4 is 17.3 Å². The third-order valence-electron chi connectivity index (χ3n) is 3.58. The lowest BCUT2D eigenvalue weighted by Crippen LogP contribution is -2.18. The van der Waals surface area contributed by atoms with Gasteiger partial charge in [-0.3, -0.25) is 14.9 Å². The largest absolute Gasteiger partial charge is 0.273 e. The van der Waals surface area contributed by atoms with Crippen molar-refractivity contribution in [2.75, 3.05) is 0 Å². The Morgan fingerprint density at radius 3 is 2.61 bits per heavy atom. The van der Waals surface area contributed by atoms with Crippen LogP contribution in [0.3, 0.4) is 0 Å². The van der Waals surface area contributed by atoms with Gasteiger partial charge in [-0.1, -0.05) is 51.2 Å². The molecular weight excluding hydrogens is 294 g/mol. The van der Waals surface area contributed by atoms with Crippen molar-refractivity contribution in [2.45, 2.75) is 58.8 Å². The molecule has 0 radical (unpaired) electrons. The van der Waals surface area contributed by atoms with Crippen LogP contribution >= 0.6 is 0 Å². The van der Waals surface area contributed by atoms with Gasteiger partial charge in [0.05, 0.1) is 10.6 Å². The zero-order chi connectivity index (χ0) is 17.1. The first kappa shape index (κ1) is 18.8. The summed E-state index contributed by atoms with van der Waals surface area (Å²) >= 11 is 0. The van der Waals surface area contributed by atoms with E-state index in [0.717, 1.165) is 19.3 Å². The van der Waals surface area contributed by atoms with Crippen LogP contribution in [0.5, 0.6) is 0 Å². The molecule has 0 saturated heterocycles. The van der Waals surface area contributed by atoms with Gasteiger partial charge in [-0.25, -0.2) is 5.43 Å². The molecule has 0 spiro atoms. The summed E-state index contributed by atoms with van der Waals surface area (Å²) in [6.45, 7) is 3.89. The molecule has 0 aliphatic rings. The molecule has 126 valence electrons. The van der Waals surface area contributed by atoms with Crippen LogP contribution in [0, 0.1) is 10.1 Å². The molecule has 1 amide bonds. The van der Waals surface area contributed by atoms with E-state index in [9.17, 15) is 14.9 Å².